The van der Waals surface area contributed by atoms with Crippen LogP contribution in [0, 0.1) is 11.3 Å². The van der Waals surface area contributed by atoms with Gasteiger partial charge in [0.25, 0.3) is 11.8 Å². The molecule has 0 spiro atoms. The van der Waals surface area contributed by atoms with Crippen molar-refractivity contribution in [3.63, 3.8) is 0 Å². The number of amides is 3. The maximum Gasteiger partial charge on any atom is 0.312 e. The van der Waals surface area contributed by atoms with Crippen molar-refractivity contribution in [2.45, 2.75) is 91.5 Å². The SMILES string of the molecule is CCC1(C)C/C=C/c2cc3cc(ccc3cn2)[C@@H](C)NC(=O)[C@@H]2CCCN(N2)C(=O)[C@H](C)NC(=O)[C@H](C(C)C)OC1=O. The molecule has 226 valence electrons. The Morgan fingerprint density at radius 2 is 1.79 bits per heavy atom. The van der Waals surface area contributed by atoms with E-state index in [-0.39, 0.29) is 23.8 Å². The molecule has 5 bridgehead atoms. The van der Waals surface area contributed by atoms with Crippen LogP contribution in [-0.2, 0) is 23.9 Å². The molecule has 0 saturated carbocycles. The van der Waals surface area contributed by atoms with Gasteiger partial charge < -0.3 is 15.4 Å². The van der Waals surface area contributed by atoms with Gasteiger partial charge in [0.15, 0.2) is 6.10 Å². The van der Waals surface area contributed by atoms with E-state index in [2.05, 4.69) is 21.0 Å². The lowest BCUT2D eigenvalue weighted by molar-refractivity contribution is -0.168. The molecule has 2 aliphatic heterocycles. The zero-order valence-electron chi connectivity index (χ0n) is 25.4. The standard InChI is InChI=1S/C32H43N5O5/c1-7-32(6)14-8-10-25-17-24-16-22(12-13-23(24)18-33-25)20(4)34-28(38)26-11-9-15-37(36-26)30(40)21(5)35-29(39)27(19(2)3)42-31(32)41/h8,10,12-13,16-21,26-27,36H,7,9,11,14-15H2,1-6H3,(H,34,38)(H,35,39)/b10-8+/t20-,21+,26+,27+,32?/m1/s1. The van der Waals surface area contributed by atoms with Gasteiger partial charge >= 0.3 is 5.97 Å². The average molecular weight is 578 g/mol. The molecular weight excluding hydrogens is 534 g/mol. The predicted octanol–water partition coefficient (Wildman–Crippen LogP) is 3.81. The van der Waals surface area contributed by atoms with E-state index in [1.807, 2.05) is 57.2 Å². The third-order valence-corrected chi connectivity index (χ3v) is 8.35. The molecule has 3 heterocycles. The van der Waals surface area contributed by atoms with Crippen LogP contribution in [-0.4, -0.2) is 58.4 Å². The molecule has 1 aromatic carbocycles. The summed E-state index contributed by atoms with van der Waals surface area (Å²) in [6.45, 7) is 11.3. The van der Waals surface area contributed by atoms with E-state index < -0.39 is 35.5 Å². The summed E-state index contributed by atoms with van der Waals surface area (Å²) in [6.07, 6.45) is 6.64. The summed E-state index contributed by atoms with van der Waals surface area (Å²) in [4.78, 5) is 57.7. The molecule has 4 rings (SSSR count). The number of cyclic esters (lactones) is 1. The Kier molecular flexibility index (Phi) is 9.66. The molecule has 0 radical (unpaired) electrons. The average Bonchev–Trinajstić information content (AvgIpc) is 2.98. The molecule has 1 saturated heterocycles. The van der Waals surface area contributed by atoms with Crippen LogP contribution >= 0.6 is 0 Å². The second-order valence-electron chi connectivity index (χ2n) is 12.1. The zero-order chi connectivity index (χ0) is 30.6. The summed E-state index contributed by atoms with van der Waals surface area (Å²) in [5.41, 5.74) is 3.88. The predicted molar refractivity (Wildman–Crippen MR) is 161 cm³/mol. The van der Waals surface area contributed by atoms with E-state index in [0.29, 0.717) is 32.2 Å². The normalized spacial score (nSPS) is 29.1. The van der Waals surface area contributed by atoms with E-state index in [9.17, 15) is 19.2 Å². The smallest absolute Gasteiger partial charge is 0.312 e. The van der Waals surface area contributed by atoms with Crippen LogP contribution in [0.2, 0.25) is 0 Å². The van der Waals surface area contributed by atoms with Crippen molar-refractivity contribution in [2.24, 2.45) is 11.3 Å². The summed E-state index contributed by atoms with van der Waals surface area (Å²) < 4.78 is 5.80. The second-order valence-corrected chi connectivity index (χ2v) is 12.1. The van der Waals surface area contributed by atoms with Gasteiger partial charge in [-0.2, -0.15) is 0 Å². The number of rotatable bonds is 2. The molecule has 0 aliphatic carbocycles. The van der Waals surface area contributed by atoms with Gasteiger partial charge in [0.1, 0.15) is 12.1 Å². The molecular formula is C32H43N5O5. The summed E-state index contributed by atoms with van der Waals surface area (Å²) in [7, 11) is 0. The Morgan fingerprint density at radius 1 is 1.05 bits per heavy atom. The van der Waals surface area contributed by atoms with Crippen LogP contribution in [0.15, 0.2) is 36.5 Å². The van der Waals surface area contributed by atoms with Crippen molar-refractivity contribution >= 4 is 40.5 Å². The number of hydrazine groups is 1. The molecule has 42 heavy (non-hydrogen) atoms. The molecule has 1 aromatic heterocycles. The first-order valence-corrected chi connectivity index (χ1v) is 14.9. The Hall–Kier alpha value is -3.79. The minimum Gasteiger partial charge on any atom is -0.452 e. The van der Waals surface area contributed by atoms with Crippen LogP contribution < -0.4 is 16.1 Å². The van der Waals surface area contributed by atoms with Crippen molar-refractivity contribution in [1.82, 2.24) is 26.1 Å². The van der Waals surface area contributed by atoms with Gasteiger partial charge in [-0.05, 0) is 81.5 Å². The van der Waals surface area contributed by atoms with Crippen molar-refractivity contribution in [1.29, 1.82) is 0 Å². The molecule has 10 heteroatoms. The Labute approximate surface area is 247 Å². The van der Waals surface area contributed by atoms with Crippen molar-refractivity contribution in [3.05, 3.63) is 47.8 Å². The van der Waals surface area contributed by atoms with E-state index >= 15 is 0 Å². The molecule has 1 unspecified atom stereocenters. The fourth-order valence-corrected chi connectivity index (χ4v) is 5.22. The highest BCUT2D eigenvalue weighted by molar-refractivity contribution is 5.91. The first-order valence-electron chi connectivity index (χ1n) is 14.9. The highest BCUT2D eigenvalue weighted by Gasteiger charge is 2.38. The fourth-order valence-electron chi connectivity index (χ4n) is 5.22. The number of hydrogen-bond donors (Lipinski definition) is 3. The Morgan fingerprint density at radius 3 is 2.50 bits per heavy atom. The lowest BCUT2D eigenvalue weighted by Crippen LogP contribution is -2.61. The molecule has 10 nitrogen and oxygen atoms in total. The molecule has 3 amide bonds. The minimum absolute atomic E-state index is 0.206. The van der Waals surface area contributed by atoms with Crippen LogP contribution in [0.25, 0.3) is 16.8 Å². The van der Waals surface area contributed by atoms with Crippen LogP contribution in [0.1, 0.15) is 84.5 Å². The molecule has 3 N–H and O–H groups in total. The summed E-state index contributed by atoms with van der Waals surface area (Å²) >= 11 is 0. The zero-order valence-corrected chi connectivity index (χ0v) is 25.4. The number of nitrogens with zero attached hydrogens (tertiary/aromatic N) is 2. The molecule has 1 fully saturated rings. The van der Waals surface area contributed by atoms with Crippen LogP contribution in [0.4, 0.5) is 0 Å². The van der Waals surface area contributed by atoms with Gasteiger partial charge in [-0.1, -0.05) is 39.0 Å². The maximum atomic E-state index is 13.4. The first kappa shape index (κ1) is 31.2. The lowest BCUT2D eigenvalue weighted by atomic mass is 9.83. The highest BCUT2D eigenvalue weighted by Crippen LogP contribution is 2.30. The summed E-state index contributed by atoms with van der Waals surface area (Å²) in [5, 5.41) is 9.15. The van der Waals surface area contributed by atoms with Crippen LogP contribution in [0.3, 0.4) is 0 Å². The van der Waals surface area contributed by atoms with E-state index in [4.69, 9.17) is 4.74 Å². The lowest BCUT2D eigenvalue weighted by Gasteiger charge is -2.35. The van der Waals surface area contributed by atoms with Gasteiger partial charge in [-0.25, -0.2) is 5.43 Å². The van der Waals surface area contributed by atoms with E-state index in [1.54, 1.807) is 27.0 Å². The van der Waals surface area contributed by atoms with Crippen LogP contribution in [0.5, 0.6) is 0 Å². The Balaban J connectivity index is 1.68. The van der Waals surface area contributed by atoms with Crippen molar-refractivity contribution < 1.29 is 23.9 Å². The Bertz CT molecular complexity index is 1370. The van der Waals surface area contributed by atoms with Gasteiger partial charge in [-0.3, -0.25) is 29.2 Å². The number of nitrogens with one attached hydrogen (secondary N) is 3. The van der Waals surface area contributed by atoms with Crippen molar-refractivity contribution in [3.8, 4) is 0 Å². The second kappa shape index (κ2) is 13.0. The van der Waals surface area contributed by atoms with Gasteiger partial charge in [-0.15, -0.1) is 0 Å². The number of esters is 1. The van der Waals surface area contributed by atoms with Gasteiger partial charge in [0.05, 0.1) is 17.2 Å². The van der Waals surface area contributed by atoms with Gasteiger partial charge in [0.2, 0.25) is 5.91 Å². The monoisotopic (exact) mass is 577 g/mol. The quantitative estimate of drug-likeness (QED) is 0.463. The largest absolute Gasteiger partial charge is 0.452 e. The highest BCUT2D eigenvalue weighted by atomic mass is 16.5. The van der Waals surface area contributed by atoms with Gasteiger partial charge in [0, 0.05) is 18.1 Å². The number of aromatic nitrogens is 1. The third kappa shape index (κ3) is 6.98. The number of allylic oxidation sites excluding steroid dienone is 1. The fraction of sp³-hybridized carbons (Fsp3) is 0.531. The first-order chi connectivity index (χ1) is 19.9. The van der Waals surface area contributed by atoms with E-state index in [1.165, 1.54) is 5.01 Å². The topological polar surface area (TPSA) is 130 Å². The number of pyridine rings is 1. The number of benzene rings is 1. The van der Waals surface area contributed by atoms with Crippen molar-refractivity contribution in [2.75, 3.05) is 6.54 Å². The number of fused-ring (bicyclic) bond motifs is 4. The number of carbonyl (C=O) groups is 4. The maximum absolute atomic E-state index is 13.4. The summed E-state index contributed by atoms with van der Waals surface area (Å²) in [5.74, 6) is -1.89. The van der Waals surface area contributed by atoms with E-state index in [0.717, 1.165) is 22.0 Å². The number of hydrogen-bond acceptors (Lipinski definition) is 7. The molecule has 5 atom stereocenters. The number of ether oxygens (including phenoxy) is 1. The molecule has 2 aromatic rings. The third-order valence-electron chi connectivity index (χ3n) is 8.35. The number of carbonyl (C=O) groups excluding carboxylic acids is 4. The minimum atomic E-state index is -1.06. The summed E-state index contributed by atoms with van der Waals surface area (Å²) in [6, 6.07) is 6.22. The molecule has 2 aliphatic rings.